The van der Waals surface area contributed by atoms with E-state index in [0.717, 1.165) is 31.6 Å². The van der Waals surface area contributed by atoms with Crippen LogP contribution in [0.15, 0.2) is 18.2 Å². The van der Waals surface area contributed by atoms with E-state index >= 15 is 0 Å². The zero-order valence-electron chi connectivity index (χ0n) is 8.77. The highest BCUT2D eigenvalue weighted by molar-refractivity contribution is 6.33. The standard InChI is InChI=1S/C10H13BFNO3/c12-9-7-8(13-5-1-2-6-13)3-4-10(9)16-11(14)15/h3-4,7,14-15H,1-2,5-6H2. The lowest BCUT2D eigenvalue weighted by molar-refractivity contribution is 0.282. The van der Waals surface area contributed by atoms with Crippen LogP contribution in [0.1, 0.15) is 12.8 Å². The molecule has 1 saturated heterocycles. The Kier molecular flexibility index (Phi) is 3.31. The highest BCUT2D eigenvalue weighted by Gasteiger charge is 2.17. The minimum absolute atomic E-state index is 0.155. The van der Waals surface area contributed by atoms with E-state index in [-0.39, 0.29) is 5.75 Å². The summed E-state index contributed by atoms with van der Waals surface area (Å²) in [7, 11) is -1.99. The Morgan fingerprint density at radius 1 is 1.25 bits per heavy atom. The maximum atomic E-state index is 13.5. The molecule has 16 heavy (non-hydrogen) atoms. The molecule has 86 valence electrons. The first-order valence-corrected chi connectivity index (χ1v) is 5.24. The van der Waals surface area contributed by atoms with E-state index in [4.69, 9.17) is 10.0 Å². The molecule has 1 aromatic carbocycles. The molecular weight excluding hydrogens is 212 g/mol. The zero-order chi connectivity index (χ0) is 11.5. The maximum Gasteiger partial charge on any atom is 0.707 e. The van der Waals surface area contributed by atoms with Gasteiger partial charge in [0.05, 0.1) is 0 Å². The average Bonchev–Trinajstić information content (AvgIpc) is 2.73. The molecule has 6 heteroatoms. The predicted octanol–water partition coefficient (Wildman–Crippen LogP) is 0.774. The number of halogens is 1. The van der Waals surface area contributed by atoms with Crippen molar-refractivity contribution in [1.82, 2.24) is 0 Å². The fourth-order valence-corrected chi connectivity index (χ4v) is 1.87. The first-order valence-electron chi connectivity index (χ1n) is 5.24. The summed E-state index contributed by atoms with van der Waals surface area (Å²) in [5.41, 5.74) is 0.801. The molecule has 0 aromatic heterocycles. The van der Waals surface area contributed by atoms with Gasteiger partial charge in [0, 0.05) is 24.8 Å². The quantitative estimate of drug-likeness (QED) is 0.746. The minimum Gasteiger partial charge on any atom is -0.510 e. The van der Waals surface area contributed by atoms with Gasteiger partial charge in [-0.05, 0) is 25.0 Å². The minimum atomic E-state index is -1.99. The van der Waals surface area contributed by atoms with Gasteiger partial charge in [-0.15, -0.1) is 0 Å². The van der Waals surface area contributed by atoms with E-state index in [9.17, 15) is 4.39 Å². The number of nitrogens with zero attached hydrogens (tertiary/aromatic N) is 1. The first-order chi connectivity index (χ1) is 7.66. The Morgan fingerprint density at radius 3 is 2.50 bits per heavy atom. The number of rotatable bonds is 3. The Morgan fingerprint density at radius 2 is 1.94 bits per heavy atom. The van der Waals surface area contributed by atoms with Crippen molar-refractivity contribution in [2.75, 3.05) is 18.0 Å². The highest BCUT2D eigenvalue weighted by Crippen LogP contribution is 2.26. The Labute approximate surface area is 93.4 Å². The van der Waals surface area contributed by atoms with Crippen LogP contribution in [0.5, 0.6) is 5.75 Å². The van der Waals surface area contributed by atoms with Crippen LogP contribution in [-0.4, -0.2) is 30.5 Å². The summed E-state index contributed by atoms with van der Waals surface area (Å²) < 4.78 is 18.0. The summed E-state index contributed by atoms with van der Waals surface area (Å²) >= 11 is 0. The third-order valence-electron chi connectivity index (χ3n) is 2.62. The van der Waals surface area contributed by atoms with Crippen LogP contribution >= 0.6 is 0 Å². The van der Waals surface area contributed by atoms with Crippen molar-refractivity contribution in [2.24, 2.45) is 0 Å². The second kappa shape index (κ2) is 4.72. The van der Waals surface area contributed by atoms with E-state index in [0.29, 0.717) is 0 Å². The van der Waals surface area contributed by atoms with Crippen molar-refractivity contribution in [3.05, 3.63) is 24.0 Å². The van der Waals surface area contributed by atoms with Gasteiger partial charge in [-0.2, -0.15) is 0 Å². The lowest BCUT2D eigenvalue weighted by atomic mass is 10.2. The number of hydrogen-bond acceptors (Lipinski definition) is 4. The van der Waals surface area contributed by atoms with E-state index < -0.39 is 13.1 Å². The average molecular weight is 225 g/mol. The summed E-state index contributed by atoms with van der Waals surface area (Å²) in [5.74, 6) is -0.740. The molecule has 0 bridgehead atoms. The molecule has 1 aromatic rings. The molecule has 2 N–H and O–H groups in total. The van der Waals surface area contributed by atoms with E-state index in [1.165, 1.54) is 12.1 Å². The third kappa shape index (κ3) is 2.45. The SMILES string of the molecule is OB(O)Oc1ccc(N2CCCC2)cc1F. The van der Waals surface area contributed by atoms with Crippen LogP contribution < -0.4 is 9.55 Å². The molecule has 0 amide bonds. The van der Waals surface area contributed by atoms with Crippen LogP contribution in [0, 0.1) is 5.82 Å². The molecule has 1 aliphatic heterocycles. The third-order valence-corrected chi connectivity index (χ3v) is 2.62. The fourth-order valence-electron chi connectivity index (χ4n) is 1.87. The van der Waals surface area contributed by atoms with Gasteiger partial charge in [0.1, 0.15) is 5.75 Å². The molecule has 0 saturated carbocycles. The predicted molar refractivity (Wildman–Crippen MR) is 58.7 cm³/mol. The van der Waals surface area contributed by atoms with E-state index in [1.807, 2.05) is 0 Å². The lowest BCUT2D eigenvalue weighted by Gasteiger charge is -2.18. The van der Waals surface area contributed by atoms with Crippen molar-refractivity contribution >= 4 is 13.0 Å². The van der Waals surface area contributed by atoms with Crippen LogP contribution in [0.2, 0.25) is 0 Å². The molecule has 4 nitrogen and oxygen atoms in total. The molecule has 0 atom stereocenters. The van der Waals surface area contributed by atoms with Gasteiger partial charge >= 0.3 is 7.32 Å². The van der Waals surface area contributed by atoms with Crippen molar-refractivity contribution < 1.29 is 19.1 Å². The summed E-state index contributed by atoms with van der Waals surface area (Å²) in [6.07, 6.45) is 2.24. The Balaban J connectivity index is 2.15. The van der Waals surface area contributed by atoms with Crippen LogP contribution in [-0.2, 0) is 0 Å². The van der Waals surface area contributed by atoms with Crippen molar-refractivity contribution in [2.45, 2.75) is 12.8 Å². The Bertz CT molecular complexity index is 369. The van der Waals surface area contributed by atoms with Gasteiger partial charge in [0.2, 0.25) is 0 Å². The van der Waals surface area contributed by atoms with Crippen LogP contribution in [0.3, 0.4) is 0 Å². The zero-order valence-corrected chi connectivity index (χ0v) is 8.77. The molecule has 1 heterocycles. The van der Waals surface area contributed by atoms with Crippen molar-refractivity contribution in [3.8, 4) is 5.75 Å². The van der Waals surface area contributed by atoms with E-state index in [1.54, 1.807) is 6.07 Å². The van der Waals surface area contributed by atoms with E-state index in [2.05, 4.69) is 9.55 Å². The summed E-state index contributed by atoms with van der Waals surface area (Å²) in [4.78, 5) is 2.09. The van der Waals surface area contributed by atoms with Gasteiger partial charge in [0.15, 0.2) is 5.82 Å². The lowest BCUT2D eigenvalue weighted by Crippen LogP contribution is -2.22. The van der Waals surface area contributed by atoms with Gasteiger partial charge in [-0.25, -0.2) is 4.39 Å². The Hall–Kier alpha value is -1.27. The highest BCUT2D eigenvalue weighted by atomic mass is 19.1. The van der Waals surface area contributed by atoms with Crippen LogP contribution in [0.25, 0.3) is 0 Å². The van der Waals surface area contributed by atoms with Gasteiger partial charge < -0.3 is 19.6 Å². The van der Waals surface area contributed by atoms with Crippen molar-refractivity contribution in [1.29, 1.82) is 0 Å². The molecule has 1 fully saturated rings. The van der Waals surface area contributed by atoms with Crippen LogP contribution in [0.4, 0.5) is 10.1 Å². The summed E-state index contributed by atoms with van der Waals surface area (Å²) in [5, 5.41) is 17.1. The molecular formula is C10H13BFNO3. The number of hydrogen-bond donors (Lipinski definition) is 2. The first kappa shape index (κ1) is 11.2. The van der Waals surface area contributed by atoms with Gasteiger partial charge in [0.25, 0.3) is 0 Å². The fraction of sp³-hybridized carbons (Fsp3) is 0.400. The molecule has 0 aliphatic carbocycles. The largest absolute Gasteiger partial charge is 0.707 e. The summed E-state index contributed by atoms with van der Waals surface area (Å²) in [6, 6.07) is 4.47. The summed E-state index contributed by atoms with van der Waals surface area (Å²) in [6.45, 7) is 1.87. The molecule has 2 rings (SSSR count). The monoisotopic (exact) mass is 225 g/mol. The van der Waals surface area contributed by atoms with Crippen molar-refractivity contribution in [3.63, 3.8) is 0 Å². The topological polar surface area (TPSA) is 52.9 Å². The smallest absolute Gasteiger partial charge is 0.510 e. The number of benzene rings is 1. The second-order valence-corrected chi connectivity index (χ2v) is 3.75. The molecule has 0 radical (unpaired) electrons. The number of anilines is 1. The van der Waals surface area contributed by atoms with Gasteiger partial charge in [-0.3, -0.25) is 0 Å². The molecule has 1 aliphatic rings. The van der Waals surface area contributed by atoms with Gasteiger partial charge in [-0.1, -0.05) is 0 Å². The molecule has 0 unspecified atom stereocenters. The molecule has 0 spiro atoms. The normalized spacial score (nSPS) is 15.3. The maximum absolute atomic E-state index is 13.5. The second-order valence-electron chi connectivity index (χ2n) is 3.75.